The van der Waals surface area contributed by atoms with E-state index in [0.29, 0.717) is 6.42 Å². The predicted molar refractivity (Wildman–Crippen MR) is 58.3 cm³/mol. The summed E-state index contributed by atoms with van der Waals surface area (Å²) in [5.74, 6) is -0.520. The first-order chi connectivity index (χ1) is 7.69. The van der Waals surface area contributed by atoms with E-state index in [2.05, 4.69) is 4.98 Å². The summed E-state index contributed by atoms with van der Waals surface area (Å²) in [5, 5.41) is 0.780. The Morgan fingerprint density at radius 2 is 2.25 bits per heavy atom. The Balaban J connectivity index is 2.16. The molecule has 0 atom stereocenters. The van der Waals surface area contributed by atoms with Crippen LogP contribution in [0.5, 0.6) is 0 Å². The van der Waals surface area contributed by atoms with Crippen molar-refractivity contribution in [2.75, 3.05) is 0 Å². The Hall–Kier alpha value is -1.84. The average Bonchev–Trinajstić information content (AvgIpc) is 2.67. The highest BCUT2D eigenvalue weighted by Crippen LogP contribution is 2.17. The van der Waals surface area contributed by atoms with Gasteiger partial charge in [-0.15, -0.1) is 0 Å². The first kappa shape index (κ1) is 10.7. The first-order valence-electron chi connectivity index (χ1n) is 5.12. The van der Waals surface area contributed by atoms with Crippen LogP contribution in [0.15, 0.2) is 24.3 Å². The van der Waals surface area contributed by atoms with E-state index in [1.165, 1.54) is 12.1 Å². The van der Waals surface area contributed by atoms with Gasteiger partial charge in [-0.1, -0.05) is 6.92 Å². The molecule has 2 aromatic rings. The lowest BCUT2D eigenvalue weighted by molar-refractivity contribution is -0.144. The summed E-state index contributed by atoms with van der Waals surface area (Å²) >= 11 is 0. The molecule has 1 N–H and O–H groups in total. The van der Waals surface area contributed by atoms with Gasteiger partial charge in [0.15, 0.2) is 0 Å². The van der Waals surface area contributed by atoms with Crippen LogP contribution < -0.4 is 0 Å². The molecule has 0 unspecified atom stereocenters. The summed E-state index contributed by atoms with van der Waals surface area (Å²) in [6, 6.07) is 6.27. The average molecular weight is 221 g/mol. The van der Waals surface area contributed by atoms with E-state index >= 15 is 0 Å². The van der Waals surface area contributed by atoms with Crippen LogP contribution in [0, 0.1) is 5.82 Å². The molecule has 84 valence electrons. The number of H-pyrrole nitrogens is 1. The minimum Gasteiger partial charge on any atom is -0.459 e. The smallest absolute Gasteiger partial charge is 0.305 e. The zero-order valence-corrected chi connectivity index (χ0v) is 8.92. The Morgan fingerprint density at radius 3 is 3.00 bits per heavy atom. The van der Waals surface area contributed by atoms with E-state index in [1.54, 1.807) is 19.1 Å². The molecule has 16 heavy (non-hydrogen) atoms. The van der Waals surface area contributed by atoms with Crippen molar-refractivity contribution in [3.8, 4) is 0 Å². The van der Waals surface area contributed by atoms with E-state index in [1.807, 2.05) is 0 Å². The third-order valence-corrected chi connectivity index (χ3v) is 2.32. The van der Waals surface area contributed by atoms with Gasteiger partial charge in [0.2, 0.25) is 0 Å². The second-order valence-electron chi connectivity index (χ2n) is 3.54. The van der Waals surface area contributed by atoms with E-state index in [4.69, 9.17) is 4.74 Å². The van der Waals surface area contributed by atoms with Gasteiger partial charge in [-0.2, -0.15) is 0 Å². The fourth-order valence-electron chi connectivity index (χ4n) is 1.50. The zero-order chi connectivity index (χ0) is 11.5. The highest BCUT2D eigenvalue weighted by molar-refractivity contribution is 5.80. The maximum absolute atomic E-state index is 12.9. The van der Waals surface area contributed by atoms with E-state index in [0.717, 1.165) is 16.6 Å². The van der Waals surface area contributed by atoms with Crippen molar-refractivity contribution in [3.05, 3.63) is 35.8 Å². The van der Waals surface area contributed by atoms with Crippen molar-refractivity contribution in [2.45, 2.75) is 20.0 Å². The molecule has 1 heterocycles. The number of aromatic amines is 1. The number of carbonyl (C=O) groups is 1. The van der Waals surface area contributed by atoms with Crippen LogP contribution in [0.3, 0.4) is 0 Å². The van der Waals surface area contributed by atoms with Gasteiger partial charge in [0.1, 0.15) is 12.4 Å². The number of hydrogen-bond donors (Lipinski definition) is 1. The fourth-order valence-corrected chi connectivity index (χ4v) is 1.50. The van der Waals surface area contributed by atoms with Crippen LogP contribution >= 0.6 is 0 Å². The summed E-state index contributed by atoms with van der Waals surface area (Å²) in [6.45, 7) is 1.94. The first-order valence-corrected chi connectivity index (χ1v) is 5.12. The van der Waals surface area contributed by atoms with Crippen LogP contribution in [0.1, 0.15) is 19.0 Å². The Kier molecular flexibility index (Phi) is 2.90. The molecule has 0 saturated carbocycles. The van der Waals surface area contributed by atoms with Gasteiger partial charge in [0.25, 0.3) is 0 Å². The number of fused-ring (bicyclic) bond motifs is 1. The summed E-state index contributed by atoms with van der Waals surface area (Å²) in [5.41, 5.74) is 1.60. The van der Waals surface area contributed by atoms with Crippen molar-refractivity contribution in [1.82, 2.24) is 4.98 Å². The lowest BCUT2D eigenvalue weighted by Gasteiger charge is -1.99. The van der Waals surface area contributed by atoms with E-state index < -0.39 is 0 Å². The van der Waals surface area contributed by atoms with Gasteiger partial charge < -0.3 is 9.72 Å². The maximum Gasteiger partial charge on any atom is 0.305 e. The molecule has 2 rings (SSSR count). The van der Waals surface area contributed by atoms with Crippen molar-refractivity contribution < 1.29 is 13.9 Å². The molecule has 1 aromatic heterocycles. The predicted octanol–water partition coefficient (Wildman–Crippen LogP) is 2.76. The van der Waals surface area contributed by atoms with Gasteiger partial charge in [-0.3, -0.25) is 4.79 Å². The Labute approximate surface area is 92.2 Å². The Morgan fingerprint density at radius 1 is 1.44 bits per heavy atom. The van der Waals surface area contributed by atoms with Gasteiger partial charge in [-0.05, 0) is 24.3 Å². The SMILES string of the molecule is CCC(=O)OCc1cc2cc(F)ccc2[nH]1. The summed E-state index contributed by atoms with van der Waals surface area (Å²) < 4.78 is 17.9. The molecule has 0 radical (unpaired) electrons. The summed E-state index contributed by atoms with van der Waals surface area (Å²) in [4.78, 5) is 14.0. The van der Waals surface area contributed by atoms with Crippen LogP contribution in [0.4, 0.5) is 4.39 Å². The highest BCUT2D eigenvalue weighted by atomic mass is 19.1. The molecule has 0 aliphatic rings. The summed E-state index contributed by atoms with van der Waals surface area (Å²) in [7, 11) is 0. The maximum atomic E-state index is 12.9. The fraction of sp³-hybridized carbons (Fsp3) is 0.250. The lowest BCUT2D eigenvalue weighted by Crippen LogP contribution is -2.02. The standard InChI is InChI=1S/C12H12FNO2/c1-2-12(15)16-7-10-6-8-5-9(13)3-4-11(8)14-10/h3-6,14H,2,7H2,1H3. The third-order valence-electron chi connectivity index (χ3n) is 2.32. The minimum absolute atomic E-state index is 0.197. The molecule has 0 aliphatic heterocycles. The number of halogens is 1. The van der Waals surface area contributed by atoms with E-state index in [-0.39, 0.29) is 18.4 Å². The number of ether oxygens (including phenoxy) is 1. The molecule has 0 saturated heterocycles. The largest absolute Gasteiger partial charge is 0.459 e. The van der Waals surface area contributed by atoms with Gasteiger partial charge in [0, 0.05) is 17.3 Å². The molecular formula is C12H12FNO2. The molecule has 0 spiro atoms. The highest BCUT2D eigenvalue weighted by Gasteiger charge is 2.04. The normalized spacial score (nSPS) is 10.6. The molecule has 0 aliphatic carbocycles. The topological polar surface area (TPSA) is 42.1 Å². The number of aromatic nitrogens is 1. The van der Waals surface area contributed by atoms with Gasteiger partial charge >= 0.3 is 5.97 Å². The molecule has 3 nitrogen and oxygen atoms in total. The van der Waals surface area contributed by atoms with Gasteiger partial charge in [0.05, 0.1) is 5.69 Å². The molecule has 4 heteroatoms. The van der Waals surface area contributed by atoms with Crippen LogP contribution in [-0.4, -0.2) is 11.0 Å². The number of rotatable bonds is 3. The second kappa shape index (κ2) is 4.35. The van der Waals surface area contributed by atoms with Crippen molar-refractivity contribution >= 4 is 16.9 Å². The monoisotopic (exact) mass is 221 g/mol. The zero-order valence-electron chi connectivity index (χ0n) is 8.92. The van der Waals surface area contributed by atoms with Crippen molar-refractivity contribution in [3.63, 3.8) is 0 Å². The van der Waals surface area contributed by atoms with Crippen molar-refractivity contribution in [1.29, 1.82) is 0 Å². The number of hydrogen-bond acceptors (Lipinski definition) is 2. The molecule has 0 bridgehead atoms. The third kappa shape index (κ3) is 2.21. The van der Waals surface area contributed by atoms with Crippen molar-refractivity contribution in [2.24, 2.45) is 0 Å². The van der Waals surface area contributed by atoms with Crippen LogP contribution in [-0.2, 0) is 16.1 Å². The quantitative estimate of drug-likeness (QED) is 0.810. The number of nitrogens with one attached hydrogen (secondary N) is 1. The summed E-state index contributed by atoms with van der Waals surface area (Å²) in [6.07, 6.45) is 0.356. The lowest BCUT2D eigenvalue weighted by atomic mass is 10.2. The van der Waals surface area contributed by atoms with Crippen LogP contribution in [0.2, 0.25) is 0 Å². The molecule has 1 aromatic carbocycles. The number of carbonyl (C=O) groups excluding carboxylic acids is 1. The Bertz CT molecular complexity index is 519. The van der Waals surface area contributed by atoms with Gasteiger partial charge in [-0.25, -0.2) is 4.39 Å². The van der Waals surface area contributed by atoms with E-state index in [9.17, 15) is 9.18 Å². The molecular weight excluding hydrogens is 209 g/mol. The minimum atomic E-state index is -0.274. The molecule has 0 fully saturated rings. The number of esters is 1. The second-order valence-corrected chi connectivity index (χ2v) is 3.54. The molecule has 0 amide bonds. The van der Waals surface area contributed by atoms with Crippen LogP contribution in [0.25, 0.3) is 10.9 Å². The number of benzene rings is 1.